The van der Waals surface area contributed by atoms with Gasteiger partial charge in [-0.1, -0.05) is 19.1 Å². The number of rotatable bonds is 2. The van der Waals surface area contributed by atoms with Gasteiger partial charge in [0.25, 0.3) is 0 Å². The molecule has 14 heavy (non-hydrogen) atoms. The Hall–Kier alpha value is -1.51. The molecule has 1 aliphatic rings. The Balaban J connectivity index is 2.14. The molecule has 1 amide bonds. The molecule has 1 N–H and O–H groups in total. The van der Waals surface area contributed by atoms with E-state index < -0.39 is 0 Å². The summed E-state index contributed by atoms with van der Waals surface area (Å²) in [5, 5.41) is 2.87. The number of benzene rings is 1. The molecule has 0 aliphatic carbocycles. The first-order valence-corrected chi connectivity index (χ1v) is 4.66. The highest BCUT2D eigenvalue weighted by Gasteiger charge is 2.35. The van der Waals surface area contributed by atoms with Crippen LogP contribution in [0.5, 0.6) is 5.75 Å². The van der Waals surface area contributed by atoms with Crippen molar-refractivity contribution in [2.45, 2.75) is 13.0 Å². The second-order valence-electron chi connectivity index (χ2n) is 3.55. The molecule has 0 radical (unpaired) electrons. The summed E-state index contributed by atoms with van der Waals surface area (Å²) in [5.74, 6) is 1.06. The van der Waals surface area contributed by atoms with E-state index in [0.717, 1.165) is 11.3 Å². The molecule has 1 aliphatic heterocycles. The van der Waals surface area contributed by atoms with Crippen LogP contribution in [-0.2, 0) is 4.79 Å². The van der Waals surface area contributed by atoms with Crippen LogP contribution in [0.3, 0.4) is 0 Å². The van der Waals surface area contributed by atoms with Crippen LogP contribution in [0.25, 0.3) is 0 Å². The van der Waals surface area contributed by atoms with Crippen molar-refractivity contribution in [3.05, 3.63) is 29.8 Å². The zero-order chi connectivity index (χ0) is 10.1. The summed E-state index contributed by atoms with van der Waals surface area (Å²) in [6, 6.07) is 7.96. The second kappa shape index (κ2) is 3.33. The van der Waals surface area contributed by atoms with E-state index in [1.807, 2.05) is 31.2 Å². The summed E-state index contributed by atoms with van der Waals surface area (Å²) < 4.78 is 5.06. The molecule has 2 rings (SSSR count). The fraction of sp³-hybridized carbons (Fsp3) is 0.364. The standard InChI is InChI=1S/C11H13NO2/c1-7-10(12-11(7)13)8-3-5-9(14-2)6-4-8/h3-7,10H,1-2H3,(H,12,13). The van der Waals surface area contributed by atoms with Crippen molar-refractivity contribution in [1.29, 1.82) is 0 Å². The summed E-state index contributed by atoms with van der Waals surface area (Å²) in [4.78, 5) is 11.0. The van der Waals surface area contributed by atoms with Gasteiger partial charge in [-0.25, -0.2) is 0 Å². The van der Waals surface area contributed by atoms with Crippen LogP contribution in [0.2, 0.25) is 0 Å². The van der Waals surface area contributed by atoms with Crippen LogP contribution >= 0.6 is 0 Å². The van der Waals surface area contributed by atoms with Crippen LogP contribution in [0, 0.1) is 5.92 Å². The average molecular weight is 191 g/mol. The van der Waals surface area contributed by atoms with Crippen molar-refractivity contribution < 1.29 is 9.53 Å². The molecule has 1 aromatic rings. The second-order valence-corrected chi connectivity index (χ2v) is 3.55. The monoisotopic (exact) mass is 191 g/mol. The van der Waals surface area contributed by atoms with Gasteiger partial charge in [0.05, 0.1) is 19.1 Å². The molecule has 0 aromatic heterocycles. The zero-order valence-corrected chi connectivity index (χ0v) is 8.28. The average Bonchev–Trinajstić information content (AvgIpc) is 2.25. The van der Waals surface area contributed by atoms with Crippen molar-refractivity contribution >= 4 is 5.91 Å². The molecule has 1 heterocycles. The quantitative estimate of drug-likeness (QED) is 0.719. The summed E-state index contributed by atoms with van der Waals surface area (Å²) >= 11 is 0. The van der Waals surface area contributed by atoms with Gasteiger partial charge in [0.1, 0.15) is 5.75 Å². The van der Waals surface area contributed by atoms with Gasteiger partial charge < -0.3 is 10.1 Å². The molecule has 2 unspecified atom stereocenters. The van der Waals surface area contributed by atoms with Gasteiger partial charge in [-0.2, -0.15) is 0 Å². The lowest BCUT2D eigenvalue weighted by Gasteiger charge is -2.34. The van der Waals surface area contributed by atoms with E-state index >= 15 is 0 Å². The summed E-state index contributed by atoms with van der Waals surface area (Å²) in [6.07, 6.45) is 0. The number of hydrogen-bond acceptors (Lipinski definition) is 2. The highest BCUT2D eigenvalue weighted by molar-refractivity contribution is 5.85. The molecule has 74 valence electrons. The first-order valence-electron chi connectivity index (χ1n) is 4.66. The van der Waals surface area contributed by atoms with E-state index in [9.17, 15) is 4.79 Å². The Kier molecular flexibility index (Phi) is 2.15. The highest BCUT2D eigenvalue weighted by atomic mass is 16.5. The van der Waals surface area contributed by atoms with Gasteiger partial charge in [-0.05, 0) is 17.7 Å². The third-order valence-corrected chi connectivity index (χ3v) is 2.69. The van der Waals surface area contributed by atoms with Crippen LogP contribution in [0.4, 0.5) is 0 Å². The van der Waals surface area contributed by atoms with E-state index in [4.69, 9.17) is 4.74 Å². The van der Waals surface area contributed by atoms with Crippen molar-refractivity contribution in [2.24, 2.45) is 5.92 Å². The van der Waals surface area contributed by atoms with Crippen LogP contribution in [-0.4, -0.2) is 13.0 Å². The number of methoxy groups -OCH3 is 1. The minimum absolute atomic E-state index is 0.0865. The molecule has 0 saturated carbocycles. The van der Waals surface area contributed by atoms with Gasteiger partial charge in [0, 0.05) is 0 Å². The topological polar surface area (TPSA) is 38.3 Å². The molecule has 1 fully saturated rings. The highest BCUT2D eigenvalue weighted by Crippen LogP contribution is 2.30. The van der Waals surface area contributed by atoms with Gasteiger partial charge in [-0.3, -0.25) is 4.79 Å². The third-order valence-electron chi connectivity index (χ3n) is 2.69. The Bertz CT molecular complexity index is 345. The van der Waals surface area contributed by atoms with E-state index in [0.29, 0.717) is 0 Å². The Morgan fingerprint density at radius 3 is 2.36 bits per heavy atom. The largest absolute Gasteiger partial charge is 0.497 e. The smallest absolute Gasteiger partial charge is 0.225 e. The molecular formula is C11H13NO2. The van der Waals surface area contributed by atoms with E-state index in [1.54, 1.807) is 7.11 Å². The lowest BCUT2D eigenvalue weighted by atomic mass is 9.87. The summed E-state index contributed by atoms with van der Waals surface area (Å²) in [7, 11) is 1.64. The molecule has 1 aromatic carbocycles. The van der Waals surface area contributed by atoms with Crippen molar-refractivity contribution in [1.82, 2.24) is 5.32 Å². The number of hydrogen-bond donors (Lipinski definition) is 1. The molecule has 1 saturated heterocycles. The Labute approximate surface area is 83.1 Å². The number of β-lactam (4-membered cyclic amide) rings is 1. The first-order chi connectivity index (χ1) is 6.72. The fourth-order valence-electron chi connectivity index (χ4n) is 1.65. The molecule has 0 spiro atoms. The lowest BCUT2D eigenvalue weighted by Crippen LogP contribution is -2.49. The van der Waals surface area contributed by atoms with Gasteiger partial charge in [0.2, 0.25) is 5.91 Å². The van der Waals surface area contributed by atoms with Crippen molar-refractivity contribution in [3.63, 3.8) is 0 Å². The van der Waals surface area contributed by atoms with Crippen molar-refractivity contribution in [3.8, 4) is 5.75 Å². The van der Waals surface area contributed by atoms with Gasteiger partial charge >= 0.3 is 0 Å². The van der Waals surface area contributed by atoms with Crippen LogP contribution in [0.1, 0.15) is 18.5 Å². The Morgan fingerprint density at radius 1 is 1.29 bits per heavy atom. The van der Waals surface area contributed by atoms with Gasteiger partial charge in [-0.15, -0.1) is 0 Å². The van der Waals surface area contributed by atoms with Gasteiger partial charge in [0.15, 0.2) is 0 Å². The molecule has 2 atom stereocenters. The fourth-order valence-corrected chi connectivity index (χ4v) is 1.65. The number of ether oxygens (including phenoxy) is 1. The number of nitrogens with one attached hydrogen (secondary N) is 1. The summed E-state index contributed by atoms with van der Waals surface area (Å²) in [6.45, 7) is 1.94. The molecule has 0 bridgehead atoms. The maximum Gasteiger partial charge on any atom is 0.225 e. The molecule has 3 heteroatoms. The molecular weight excluding hydrogens is 178 g/mol. The first kappa shape index (κ1) is 9.06. The Morgan fingerprint density at radius 2 is 1.93 bits per heavy atom. The number of carbonyl (C=O) groups is 1. The third kappa shape index (κ3) is 1.35. The van der Waals surface area contributed by atoms with Crippen LogP contribution in [0.15, 0.2) is 24.3 Å². The minimum atomic E-state index is 0.0865. The maximum absolute atomic E-state index is 11.0. The van der Waals surface area contributed by atoms with E-state index in [2.05, 4.69) is 5.32 Å². The zero-order valence-electron chi connectivity index (χ0n) is 8.28. The molecule has 3 nitrogen and oxygen atoms in total. The SMILES string of the molecule is COc1ccc(C2NC(=O)C2C)cc1. The van der Waals surface area contributed by atoms with Crippen LogP contribution < -0.4 is 10.1 Å². The summed E-state index contributed by atoms with van der Waals surface area (Å²) in [5.41, 5.74) is 1.14. The van der Waals surface area contributed by atoms with E-state index in [1.165, 1.54) is 0 Å². The maximum atomic E-state index is 11.0. The number of amides is 1. The number of carbonyl (C=O) groups excluding carboxylic acids is 1. The van der Waals surface area contributed by atoms with Crippen molar-refractivity contribution in [2.75, 3.05) is 7.11 Å². The van der Waals surface area contributed by atoms with E-state index in [-0.39, 0.29) is 17.9 Å². The predicted octanol–water partition coefficient (Wildman–Crippen LogP) is 1.50. The predicted molar refractivity (Wildman–Crippen MR) is 53.0 cm³/mol. The lowest BCUT2D eigenvalue weighted by molar-refractivity contribution is -0.134. The normalized spacial score (nSPS) is 25.1. The minimum Gasteiger partial charge on any atom is -0.497 e.